The maximum atomic E-state index is 13.6. The second kappa shape index (κ2) is 14.3. The van der Waals surface area contributed by atoms with Crippen LogP contribution in [-0.4, -0.2) is 55.6 Å². The highest BCUT2D eigenvalue weighted by atomic mass is 32.1. The van der Waals surface area contributed by atoms with E-state index in [1.54, 1.807) is 30.5 Å². The number of aryl methyl sites for hydroxylation is 1. The van der Waals surface area contributed by atoms with Gasteiger partial charge >= 0.3 is 6.03 Å². The summed E-state index contributed by atoms with van der Waals surface area (Å²) in [6.07, 6.45) is 2.41. The summed E-state index contributed by atoms with van der Waals surface area (Å²) < 4.78 is 10.8. The van der Waals surface area contributed by atoms with Crippen molar-refractivity contribution in [2.75, 3.05) is 39.2 Å². The first-order valence-corrected chi connectivity index (χ1v) is 13.4. The molecule has 3 amide bonds. The average Bonchev–Trinajstić information content (AvgIpc) is 3.33. The van der Waals surface area contributed by atoms with E-state index in [0.717, 1.165) is 23.3 Å². The van der Waals surface area contributed by atoms with Gasteiger partial charge in [-0.05, 0) is 61.7 Å². The Kier molecular flexibility index (Phi) is 10.8. The van der Waals surface area contributed by atoms with Crippen LogP contribution < -0.4 is 14.8 Å². The fourth-order valence-corrected chi connectivity index (χ4v) is 4.85. The van der Waals surface area contributed by atoms with Gasteiger partial charge in [-0.25, -0.2) is 4.79 Å². The Bertz CT molecular complexity index is 1150. The van der Waals surface area contributed by atoms with Crippen LogP contribution in [-0.2, 0) is 17.8 Å². The van der Waals surface area contributed by atoms with E-state index in [-0.39, 0.29) is 18.5 Å². The van der Waals surface area contributed by atoms with Crippen LogP contribution in [0.4, 0.5) is 10.5 Å². The van der Waals surface area contributed by atoms with Gasteiger partial charge in [-0.2, -0.15) is 0 Å². The molecule has 0 bridgehead atoms. The quantitative estimate of drug-likeness (QED) is 0.299. The van der Waals surface area contributed by atoms with Gasteiger partial charge in [0.2, 0.25) is 5.91 Å². The number of nitrogens with zero attached hydrogens (tertiary/aromatic N) is 2. The first-order valence-electron chi connectivity index (χ1n) is 12.6. The van der Waals surface area contributed by atoms with Crippen molar-refractivity contribution in [3.63, 3.8) is 0 Å². The Morgan fingerprint density at radius 2 is 1.68 bits per heavy atom. The van der Waals surface area contributed by atoms with Gasteiger partial charge in [0.15, 0.2) is 11.5 Å². The Labute approximate surface area is 224 Å². The highest BCUT2D eigenvalue weighted by Gasteiger charge is 2.22. The average molecular weight is 524 g/mol. The summed E-state index contributed by atoms with van der Waals surface area (Å²) in [7, 11) is 3.22. The molecule has 0 aliphatic carbocycles. The molecule has 3 aromatic rings. The van der Waals surface area contributed by atoms with Gasteiger partial charge in [-0.1, -0.05) is 37.6 Å². The van der Waals surface area contributed by atoms with Crippen LogP contribution >= 0.6 is 11.3 Å². The van der Waals surface area contributed by atoms with Crippen LogP contribution in [0.5, 0.6) is 11.5 Å². The summed E-state index contributed by atoms with van der Waals surface area (Å²) in [5.74, 6) is 1.25. The molecule has 0 fully saturated rings. The van der Waals surface area contributed by atoms with Crippen molar-refractivity contribution in [1.29, 1.82) is 0 Å². The molecule has 2 aromatic carbocycles. The van der Waals surface area contributed by atoms with E-state index in [9.17, 15) is 9.59 Å². The van der Waals surface area contributed by atoms with Crippen molar-refractivity contribution < 1.29 is 19.1 Å². The molecule has 3 rings (SSSR count). The minimum Gasteiger partial charge on any atom is -0.493 e. The molecule has 1 heterocycles. The van der Waals surface area contributed by atoms with E-state index in [1.807, 2.05) is 53.4 Å². The molecule has 8 heteroatoms. The number of rotatable bonds is 13. The van der Waals surface area contributed by atoms with E-state index in [2.05, 4.69) is 31.3 Å². The normalized spacial score (nSPS) is 10.6. The summed E-state index contributed by atoms with van der Waals surface area (Å²) in [6.45, 7) is 5.70. The molecule has 0 aliphatic rings. The van der Waals surface area contributed by atoms with E-state index in [4.69, 9.17) is 9.47 Å². The predicted octanol–water partition coefficient (Wildman–Crippen LogP) is 5.98. The van der Waals surface area contributed by atoms with E-state index in [1.165, 1.54) is 4.88 Å². The van der Waals surface area contributed by atoms with Crippen LogP contribution in [0.2, 0.25) is 0 Å². The molecule has 1 aromatic heterocycles. The lowest BCUT2D eigenvalue weighted by Gasteiger charge is -2.28. The molecule has 7 nitrogen and oxygen atoms in total. The summed E-state index contributed by atoms with van der Waals surface area (Å²) in [5, 5.41) is 2.92. The minimum atomic E-state index is -0.264. The van der Waals surface area contributed by atoms with Gasteiger partial charge in [0.25, 0.3) is 0 Å². The molecule has 0 saturated carbocycles. The van der Waals surface area contributed by atoms with Gasteiger partial charge < -0.3 is 24.6 Å². The fraction of sp³-hybridized carbons (Fsp3) is 0.379. The number of amides is 3. The van der Waals surface area contributed by atoms with E-state index in [0.29, 0.717) is 43.2 Å². The zero-order valence-corrected chi connectivity index (χ0v) is 23.0. The Hall–Kier alpha value is -3.52. The van der Waals surface area contributed by atoms with Crippen molar-refractivity contribution in [3.8, 4) is 11.5 Å². The molecular weight excluding hydrogens is 486 g/mol. The maximum absolute atomic E-state index is 13.6. The number of unbranched alkanes of at least 4 members (excludes halogenated alkanes) is 1. The number of thiophene rings is 1. The third-order valence-electron chi connectivity index (χ3n) is 6.03. The maximum Gasteiger partial charge on any atom is 0.322 e. The highest BCUT2D eigenvalue weighted by molar-refractivity contribution is 7.11. The van der Waals surface area contributed by atoms with Crippen molar-refractivity contribution in [3.05, 3.63) is 76.0 Å². The molecule has 0 radical (unpaired) electrons. The zero-order valence-electron chi connectivity index (χ0n) is 22.2. The number of carbonyl (C=O) groups excluding carboxylic acids is 2. The van der Waals surface area contributed by atoms with Crippen LogP contribution in [0.15, 0.2) is 60.7 Å². The fourth-order valence-electron chi connectivity index (χ4n) is 3.94. The number of hydrogen-bond donors (Lipinski definition) is 1. The summed E-state index contributed by atoms with van der Waals surface area (Å²) in [6, 6.07) is 19.0. The first-order chi connectivity index (χ1) is 17.9. The zero-order chi connectivity index (χ0) is 26.6. The number of anilines is 1. The number of methoxy groups -OCH3 is 2. The minimum absolute atomic E-state index is 0.0228. The van der Waals surface area contributed by atoms with Crippen LogP contribution in [0, 0.1) is 6.92 Å². The smallest absolute Gasteiger partial charge is 0.322 e. The number of para-hydroxylation sites is 1. The first kappa shape index (κ1) is 28.1. The van der Waals surface area contributed by atoms with E-state index < -0.39 is 0 Å². The van der Waals surface area contributed by atoms with Crippen LogP contribution in [0.3, 0.4) is 0 Å². The number of carbonyl (C=O) groups is 2. The molecule has 0 spiro atoms. The van der Waals surface area contributed by atoms with Gasteiger partial charge in [0.1, 0.15) is 6.54 Å². The second-order valence-electron chi connectivity index (χ2n) is 8.84. The topological polar surface area (TPSA) is 71.1 Å². The third-order valence-corrected chi connectivity index (χ3v) is 7.02. The number of ether oxygens (including phenoxy) is 2. The Balaban J connectivity index is 1.74. The van der Waals surface area contributed by atoms with E-state index >= 15 is 0 Å². The Morgan fingerprint density at radius 1 is 0.919 bits per heavy atom. The van der Waals surface area contributed by atoms with Gasteiger partial charge in [-0.15, -0.1) is 11.3 Å². The lowest BCUT2D eigenvalue weighted by atomic mass is 10.1. The summed E-state index contributed by atoms with van der Waals surface area (Å²) in [4.78, 5) is 32.4. The third kappa shape index (κ3) is 8.53. The van der Waals surface area contributed by atoms with Crippen LogP contribution in [0.1, 0.15) is 35.1 Å². The van der Waals surface area contributed by atoms with Crippen molar-refractivity contribution in [2.24, 2.45) is 0 Å². The molecule has 1 N–H and O–H groups in total. The molecule has 0 aliphatic heterocycles. The van der Waals surface area contributed by atoms with Crippen LogP contribution in [0.25, 0.3) is 0 Å². The Morgan fingerprint density at radius 3 is 2.32 bits per heavy atom. The molecule has 0 saturated heterocycles. The molecule has 0 unspecified atom stereocenters. The number of hydrogen-bond acceptors (Lipinski definition) is 5. The van der Waals surface area contributed by atoms with Crippen molar-refractivity contribution in [2.45, 2.75) is 39.7 Å². The van der Waals surface area contributed by atoms with Gasteiger partial charge in [0, 0.05) is 28.5 Å². The SMILES string of the molecule is CCCCN(CC(=O)N(CCc1ccc(OC)c(OC)c1)Cc1ccc(C)s1)C(=O)Nc1ccccc1. The molecule has 0 atom stereocenters. The van der Waals surface area contributed by atoms with Crippen molar-refractivity contribution in [1.82, 2.24) is 9.80 Å². The number of nitrogens with one attached hydrogen (secondary N) is 1. The molecule has 37 heavy (non-hydrogen) atoms. The predicted molar refractivity (Wildman–Crippen MR) is 150 cm³/mol. The number of urea groups is 1. The monoisotopic (exact) mass is 523 g/mol. The standard InChI is InChI=1S/C29H37N3O4S/c1-5-6-17-32(29(34)30-24-10-8-7-9-11-24)21-28(33)31(20-25-14-12-22(2)37-25)18-16-23-13-15-26(35-3)27(19-23)36-4/h7-15,19H,5-6,16-18,20-21H2,1-4H3,(H,30,34). The second-order valence-corrected chi connectivity index (χ2v) is 10.2. The lowest BCUT2D eigenvalue weighted by Crippen LogP contribution is -2.45. The van der Waals surface area contributed by atoms with Gasteiger partial charge in [0.05, 0.1) is 20.8 Å². The highest BCUT2D eigenvalue weighted by Crippen LogP contribution is 2.28. The molecular formula is C29H37N3O4S. The summed E-state index contributed by atoms with van der Waals surface area (Å²) in [5.41, 5.74) is 1.75. The van der Waals surface area contributed by atoms with Crippen molar-refractivity contribution >= 4 is 29.0 Å². The molecule has 198 valence electrons. The van der Waals surface area contributed by atoms with Gasteiger partial charge in [-0.3, -0.25) is 4.79 Å². The number of benzene rings is 2. The lowest BCUT2D eigenvalue weighted by molar-refractivity contribution is -0.132. The largest absolute Gasteiger partial charge is 0.493 e. The summed E-state index contributed by atoms with van der Waals surface area (Å²) >= 11 is 1.68.